The largest absolute Gasteiger partial charge is 0.382 e. The summed E-state index contributed by atoms with van der Waals surface area (Å²) in [6.45, 7) is 5.49. The summed E-state index contributed by atoms with van der Waals surface area (Å²) in [5.74, 6) is -1.48. The quantitative estimate of drug-likeness (QED) is 0.113. The summed E-state index contributed by atoms with van der Waals surface area (Å²) in [6, 6.07) is 19.9. The smallest absolute Gasteiger partial charge is 0.262 e. The SMILES string of the molecule is O=C1CCC(N2C(=O)c3cc(F)c(NCC4CCC(CN5CCN(c6ccc(Nc7ncnc8c7ncn8C7CC(NC(=O)Cc8ccccc8)C7)cc6)CC5)CC4)cc3C2=O)C(=O)N1. The number of imidazole rings is 1. The van der Waals surface area contributed by atoms with E-state index in [-0.39, 0.29) is 47.6 Å². The molecule has 2 aromatic heterocycles. The highest BCUT2D eigenvalue weighted by Crippen LogP contribution is 2.36. The minimum absolute atomic E-state index is 0.0223. The van der Waals surface area contributed by atoms with E-state index < -0.39 is 35.5 Å². The summed E-state index contributed by atoms with van der Waals surface area (Å²) in [5.41, 5.74) is 4.75. The van der Waals surface area contributed by atoms with Crippen LogP contribution in [0.1, 0.15) is 83.7 Å². The molecule has 0 bridgehead atoms. The van der Waals surface area contributed by atoms with Crippen molar-refractivity contribution < 1.29 is 28.4 Å². The molecule has 17 heteroatoms. The van der Waals surface area contributed by atoms with E-state index in [4.69, 9.17) is 0 Å². The summed E-state index contributed by atoms with van der Waals surface area (Å²) in [5, 5.41) is 12.0. The Kier molecular flexibility index (Phi) is 11.7. The zero-order valence-corrected chi connectivity index (χ0v) is 36.0. The number of rotatable bonds is 13. The number of amides is 5. The fourth-order valence-electron chi connectivity index (χ4n) is 10.1. The summed E-state index contributed by atoms with van der Waals surface area (Å²) >= 11 is 0. The monoisotopic (exact) mass is 881 g/mol. The van der Waals surface area contributed by atoms with Gasteiger partial charge in [0.1, 0.15) is 18.2 Å². The van der Waals surface area contributed by atoms with E-state index in [1.807, 2.05) is 36.7 Å². The Balaban J connectivity index is 0.653. The van der Waals surface area contributed by atoms with Crippen LogP contribution in [0.3, 0.4) is 0 Å². The van der Waals surface area contributed by atoms with Gasteiger partial charge in [-0.15, -0.1) is 0 Å². The van der Waals surface area contributed by atoms with Crippen LogP contribution in [0.4, 0.5) is 27.3 Å². The number of hydrogen-bond donors (Lipinski definition) is 4. The molecule has 5 amide bonds. The predicted octanol–water partition coefficient (Wildman–Crippen LogP) is 5.21. The molecular weight excluding hydrogens is 830 g/mol. The number of carbonyl (C=O) groups is 5. The van der Waals surface area contributed by atoms with Crippen molar-refractivity contribution in [1.82, 2.24) is 40.0 Å². The van der Waals surface area contributed by atoms with Crippen LogP contribution in [-0.2, 0) is 20.8 Å². The predicted molar refractivity (Wildman–Crippen MR) is 241 cm³/mol. The van der Waals surface area contributed by atoms with Crippen molar-refractivity contribution in [3.8, 4) is 0 Å². The molecule has 5 aliphatic rings. The first-order valence-electron chi connectivity index (χ1n) is 22.8. The average molecular weight is 882 g/mol. The lowest BCUT2D eigenvalue weighted by atomic mass is 9.81. The van der Waals surface area contributed by atoms with Gasteiger partial charge in [-0.05, 0) is 98.7 Å². The molecule has 2 saturated heterocycles. The number of nitrogens with zero attached hydrogens (tertiary/aromatic N) is 7. The topological polar surface area (TPSA) is 187 Å². The second kappa shape index (κ2) is 18.0. The van der Waals surface area contributed by atoms with Crippen LogP contribution in [0.5, 0.6) is 0 Å². The van der Waals surface area contributed by atoms with E-state index >= 15 is 4.39 Å². The molecule has 2 saturated carbocycles. The van der Waals surface area contributed by atoms with Gasteiger partial charge in [-0.25, -0.2) is 19.3 Å². The standard InChI is InChI=1S/C48H52FN11O5/c49-38-23-36-37(48(65)60(47(36)64)40-14-15-41(61)56-46(40)63)24-39(38)50-25-30-6-8-31(9-7-30)26-57-16-18-58(19-17-57)34-12-10-32(11-13-34)55-44-43-45(52-27-51-44)59(28-53-43)35-21-33(22-35)54-42(62)20-29-4-2-1-3-5-29/h1-5,10-13,23-24,27-28,30-31,33,35,40,50H,6-9,14-22,25-26H2,(H,54,62)(H,51,52,55)(H,56,61,63). The molecular formula is C48H52FN11O5. The van der Waals surface area contributed by atoms with Crippen LogP contribution in [0.2, 0.25) is 0 Å². The number of halogens is 1. The molecule has 65 heavy (non-hydrogen) atoms. The third-order valence-corrected chi connectivity index (χ3v) is 13.9. The van der Waals surface area contributed by atoms with E-state index in [0.29, 0.717) is 36.1 Å². The van der Waals surface area contributed by atoms with Gasteiger partial charge < -0.3 is 25.4 Å². The van der Waals surface area contributed by atoms with E-state index in [0.717, 1.165) is 99.1 Å². The number of carbonyl (C=O) groups excluding carboxylic acids is 5. The molecule has 5 aromatic rings. The average Bonchev–Trinajstić information content (AvgIpc) is 3.83. The lowest BCUT2D eigenvalue weighted by Gasteiger charge is -2.39. The fraction of sp³-hybridized carbons (Fsp3) is 0.417. The lowest BCUT2D eigenvalue weighted by molar-refractivity contribution is -0.136. The van der Waals surface area contributed by atoms with Crippen LogP contribution in [0, 0.1) is 17.7 Å². The van der Waals surface area contributed by atoms with E-state index in [9.17, 15) is 24.0 Å². The van der Waals surface area contributed by atoms with Gasteiger partial charge in [0, 0.05) is 69.1 Å². The third kappa shape index (κ3) is 8.88. The van der Waals surface area contributed by atoms with Gasteiger partial charge in [-0.3, -0.25) is 39.1 Å². The molecule has 3 aromatic carbocycles. The Labute approximate surface area is 375 Å². The minimum Gasteiger partial charge on any atom is -0.382 e. The van der Waals surface area contributed by atoms with Crippen molar-refractivity contribution in [3.05, 3.63) is 102 Å². The van der Waals surface area contributed by atoms with E-state index in [2.05, 4.69) is 74.9 Å². The number of fused-ring (bicyclic) bond motifs is 2. The van der Waals surface area contributed by atoms with Crippen molar-refractivity contribution in [2.45, 2.75) is 75.9 Å². The first-order valence-corrected chi connectivity index (χ1v) is 22.8. The normalized spacial score (nSPS) is 23.6. The van der Waals surface area contributed by atoms with Crippen LogP contribution >= 0.6 is 0 Å². The molecule has 5 heterocycles. The van der Waals surface area contributed by atoms with E-state index in [1.165, 1.54) is 11.8 Å². The maximum atomic E-state index is 15.2. The Hall–Kier alpha value is -6.75. The van der Waals surface area contributed by atoms with Crippen LogP contribution in [-0.4, -0.2) is 110 Å². The van der Waals surface area contributed by atoms with Gasteiger partial charge in [0.05, 0.1) is 29.6 Å². The van der Waals surface area contributed by atoms with Crippen molar-refractivity contribution in [2.75, 3.05) is 54.8 Å². The first kappa shape index (κ1) is 42.2. The highest BCUT2D eigenvalue weighted by Gasteiger charge is 2.45. The fourth-order valence-corrected chi connectivity index (χ4v) is 10.1. The lowest BCUT2D eigenvalue weighted by Crippen LogP contribution is -2.54. The molecule has 16 nitrogen and oxygen atoms in total. The number of nitrogens with one attached hydrogen (secondary N) is 4. The highest BCUT2D eigenvalue weighted by atomic mass is 19.1. The van der Waals surface area contributed by atoms with Crippen LogP contribution in [0.25, 0.3) is 11.2 Å². The summed E-state index contributed by atoms with van der Waals surface area (Å²) in [6.07, 6.45) is 9.72. The molecule has 2 aliphatic carbocycles. The van der Waals surface area contributed by atoms with E-state index in [1.54, 1.807) is 6.33 Å². The van der Waals surface area contributed by atoms with Gasteiger partial charge in [0.25, 0.3) is 11.8 Å². The molecule has 0 radical (unpaired) electrons. The zero-order valence-electron chi connectivity index (χ0n) is 36.0. The zero-order chi connectivity index (χ0) is 44.6. The molecule has 336 valence electrons. The van der Waals surface area contributed by atoms with Crippen molar-refractivity contribution in [1.29, 1.82) is 0 Å². The Morgan fingerprint density at radius 1 is 0.815 bits per heavy atom. The number of piperidine rings is 1. The van der Waals surface area contributed by atoms with Crippen LogP contribution < -0.4 is 26.2 Å². The molecule has 0 spiro atoms. The number of imide groups is 2. The summed E-state index contributed by atoms with van der Waals surface area (Å²) in [7, 11) is 0. The summed E-state index contributed by atoms with van der Waals surface area (Å²) < 4.78 is 17.3. The van der Waals surface area contributed by atoms with Crippen molar-refractivity contribution in [3.63, 3.8) is 0 Å². The molecule has 1 atom stereocenters. The van der Waals surface area contributed by atoms with Crippen molar-refractivity contribution >= 4 is 63.6 Å². The number of anilines is 4. The maximum Gasteiger partial charge on any atom is 0.262 e. The molecule has 3 aliphatic heterocycles. The molecule has 4 fully saturated rings. The van der Waals surface area contributed by atoms with Crippen molar-refractivity contribution in [2.24, 2.45) is 11.8 Å². The third-order valence-electron chi connectivity index (χ3n) is 13.9. The maximum absolute atomic E-state index is 15.2. The molecule has 4 N–H and O–H groups in total. The van der Waals surface area contributed by atoms with Crippen LogP contribution in [0.15, 0.2) is 79.4 Å². The summed E-state index contributed by atoms with van der Waals surface area (Å²) in [4.78, 5) is 82.5. The highest BCUT2D eigenvalue weighted by molar-refractivity contribution is 6.23. The Morgan fingerprint density at radius 2 is 1.54 bits per heavy atom. The number of piperazine rings is 1. The number of hydrogen-bond acceptors (Lipinski definition) is 12. The number of aromatic nitrogens is 4. The second-order valence-electron chi connectivity index (χ2n) is 18.2. The second-order valence-corrected chi connectivity index (χ2v) is 18.2. The van der Waals surface area contributed by atoms with Gasteiger partial charge in [-0.1, -0.05) is 30.3 Å². The molecule has 10 rings (SSSR count). The van der Waals surface area contributed by atoms with Gasteiger partial charge in [-0.2, -0.15) is 0 Å². The molecule has 1 unspecified atom stereocenters. The number of benzene rings is 3. The van der Waals surface area contributed by atoms with Gasteiger partial charge >= 0.3 is 0 Å². The van der Waals surface area contributed by atoms with Gasteiger partial charge in [0.2, 0.25) is 17.7 Å². The minimum atomic E-state index is -1.09. The Morgan fingerprint density at radius 3 is 2.28 bits per heavy atom. The Bertz CT molecular complexity index is 2620. The first-order chi connectivity index (χ1) is 31.6. The van der Waals surface area contributed by atoms with Gasteiger partial charge in [0.15, 0.2) is 17.0 Å².